The van der Waals surface area contributed by atoms with E-state index in [0.29, 0.717) is 31.2 Å². The summed E-state index contributed by atoms with van der Waals surface area (Å²) in [5, 5.41) is 11.8. The lowest BCUT2D eigenvalue weighted by Gasteiger charge is -2.32. The van der Waals surface area contributed by atoms with Gasteiger partial charge in [-0.2, -0.15) is 0 Å². The average molecular weight is 447 g/mol. The number of nitrogens with zero attached hydrogens (tertiary/aromatic N) is 3. The summed E-state index contributed by atoms with van der Waals surface area (Å²) in [6, 6.07) is 19.7. The molecule has 2 aromatic carbocycles. The third-order valence-corrected chi connectivity index (χ3v) is 5.84. The molecule has 1 amide bonds. The zero-order valence-electron chi connectivity index (χ0n) is 19.2. The van der Waals surface area contributed by atoms with E-state index in [1.54, 1.807) is 7.11 Å². The number of nitrogens with one attached hydrogen (secondary N) is 1. The number of amides is 1. The quantitative estimate of drug-likeness (QED) is 0.530. The number of carbonyl (C=O) groups excluding carboxylic acids is 1. The summed E-state index contributed by atoms with van der Waals surface area (Å²) in [5.74, 6) is 2.13. The lowest BCUT2D eigenvalue weighted by molar-refractivity contribution is -0.125. The topological polar surface area (TPSA) is 76.6 Å². The number of aromatic nitrogens is 2. The number of carbonyl (C=O) groups is 1. The first kappa shape index (κ1) is 22.6. The number of ether oxygens (including phenoxy) is 2. The van der Waals surface area contributed by atoms with E-state index in [4.69, 9.17) is 9.47 Å². The molecule has 0 saturated carbocycles. The van der Waals surface area contributed by atoms with Gasteiger partial charge in [0.1, 0.15) is 6.61 Å². The Kier molecular flexibility index (Phi) is 7.40. The van der Waals surface area contributed by atoms with Crippen LogP contribution in [-0.2, 0) is 4.79 Å². The molecule has 4 rings (SSSR count). The predicted molar refractivity (Wildman–Crippen MR) is 129 cm³/mol. The van der Waals surface area contributed by atoms with Crippen LogP contribution < -0.4 is 19.7 Å². The van der Waals surface area contributed by atoms with Crippen LogP contribution in [0.1, 0.15) is 18.4 Å². The second-order valence-electron chi connectivity index (χ2n) is 8.22. The Labute approximate surface area is 194 Å². The number of benzene rings is 2. The Morgan fingerprint density at radius 2 is 1.85 bits per heavy atom. The molecule has 0 unspecified atom stereocenters. The van der Waals surface area contributed by atoms with Gasteiger partial charge >= 0.3 is 0 Å². The molecule has 1 aromatic heterocycles. The highest BCUT2D eigenvalue weighted by atomic mass is 16.5. The van der Waals surface area contributed by atoms with Gasteiger partial charge in [0.2, 0.25) is 5.91 Å². The zero-order chi connectivity index (χ0) is 23.0. The van der Waals surface area contributed by atoms with Crippen LogP contribution in [0.15, 0.2) is 60.7 Å². The number of piperidine rings is 1. The van der Waals surface area contributed by atoms with Gasteiger partial charge < -0.3 is 19.7 Å². The van der Waals surface area contributed by atoms with Gasteiger partial charge in [0.15, 0.2) is 17.3 Å². The van der Waals surface area contributed by atoms with Crippen molar-refractivity contribution in [2.75, 3.05) is 38.3 Å². The van der Waals surface area contributed by atoms with Crippen LogP contribution in [0.4, 0.5) is 5.82 Å². The van der Waals surface area contributed by atoms with Gasteiger partial charge in [-0.25, -0.2) is 0 Å². The summed E-state index contributed by atoms with van der Waals surface area (Å²) in [4.78, 5) is 14.9. The van der Waals surface area contributed by atoms with E-state index in [2.05, 4.69) is 51.6 Å². The van der Waals surface area contributed by atoms with Crippen molar-refractivity contribution >= 4 is 11.7 Å². The van der Waals surface area contributed by atoms with Crippen LogP contribution in [0.3, 0.4) is 0 Å². The maximum atomic E-state index is 12.7. The lowest BCUT2D eigenvalue weighted by Crippen LogP contribution is -2.44. The molecule has 7 heteroatoms. The Morgan fingerprint density at radius 1 is 1.06 bits per heavy atom. The second kappa shape index (κ2) is 10.8. The molecule has 33 heavy (non-hydrogen) atoms. The maximum absolute atomic E-state index is 12.7. The van der Waals surface area contributed by atoms with E-state index >= 15 is 0 Å². The molecular weight excluding hydrogens is 416 g/mol. The van der Waals surface area contributed by atoms with E-state index in [9.17, 15) is 4.79 Å². The number of methoxy groups -OCH3 is 1. The molecular formula is C26H30N4O3. The van der Waals surface area contributed by atoms with E-state index in [1.165, 1.54) is 5.56 Å². The van der Waals surface area contributed by atoms with Crippen molar-refractivity contribution in [1.82, 2.24) is 15.5 Å². The molecule has 1 saturated heterocycles. The summed E-state index contributed by atoms with van der Waals surface area (Å²) in [6.45, 7) is 4.40. The van der Waals surface area contributed by atoms with Crippen molar-refractivity contribution < 1.29 is 14.3 Å². The van der Waals surface area contributed by atoms with Crippen LogP contribution in [0, 0.1) is 12.8 Å². The minimum atomic E-state index is -0.0800. The Hall–Kier alpha value is -3.61. The Balaban J connectivity index is 1.28. The van der Waals surface area contributed by atoms with Crippen LogP contribution >= 0.6 is 0 Å². The van der Waals surface area contributed by atoms with Crippen LogP contribution in [0.25, 0.3) is 11.3 Å². The largest absolute Gasteiger partial charge is 0.493 e. The van der Waals surface area contributed by atoms with Crippen LogP contribution in [0.2, 0.25) is 0 Å². The summed E-state index contributed by atoms with van der Waals surface area (Å²) in [7, 11) is 1.61. The summed E-state index contributed by atoms with van der Waals surface area (Å²) in [6.07, 6.45) is 1.81. The standard InChI is InChI=1S/C26H30N4O3/c1-19-9-11-20(12-10-19)22-13-14-25(29-28-22)30-16-5-6-21(18-30)26(31)27-15-17-33-24-8-4-3-7-23(24)32-2/h3-4,7-14,21H,5-6,15-18H2,1-2H3,(H,27,31)/t21-/m1/s1. The zero-order valence-corrected chi connectivity index (χ0v) is 19.2. The molecule has 7 nitrogen and oxygen atoms in total. The van der Waals surface area contributed by atoms with E-state index in [-0.39, 0.29) is 11.8 Å². The number of aryl methyl sites for hydroxylation is 1. The normalized spacial score (nSPS) is 15.7. The fourth-order valence-corrected chi connectivity index (χ4v) is 3.99. The average Bonchev–Trinajstić information content (AvgIpc) is 2.87. The van der Waals surface area contributed by atoms with Gasteiger partial charge in [0.25, 0.3) is 0 Å². The predicted octanol–water partition coefficient (Wildman–Crippen LogP) is 3.87. The third kappa shape index (κ3) is 5.80. The number of hydrogen-bond acceptors (Lipinski definition) is 6. The molecule has 1 N–H and O–H groups in total. The summed E-state index contributed by atoms with van der Waals surface area (Å²) >= 11 is 0. The molecule has 0 bridgehead atoms. The Morgan fingerprint density at radius 3 is 2.58 bits per heavy atom. The van der Waals surface area contributed by atoms with Crippen LogP contribution in [0.5, 0.6) is 11.5 Å². The van der Waals surface area contributed by atoms with Gasteiger partial charge in [-0.1, -0.05) is 42.0 Å². The van der Waals surface area contributed by atoms with E-state index in [1.807, 2.05) is 36.4 Å². The van der Waals surface area contributed by atoms with Crippen molar-refractivity contribution in [3.8, 4) is 22.8 Å². The fraction of sp³-hybridized carbons (Fsp3) is 0.346. The van der Waals surface area contributed by atoms with Crippen molar-refractivity contribution in [2.24, 2.45) is 5.92 Å². The van der Waals surface area contributed by atoms with E-state index in [0.717, 1.165) is 36.5 Å². The first-order valence-corrected chi connectivity index (χ1v) is 11.3. The van der Waals surface area contributed by atoms with E-state index < -0.39 is 0 Å². The first-order valence-electron chi connectivity index (χ1n) is 11.3. The molecule has 1 aliphatic heterocycles. The minimum absolute atomic E-state index is 0.0487. The second-order valence-corrected chi connectivity index (χ2v) is 8.22. The first-order chi connectivity index (χ1) is 16.1. The minimum Gasteiger partial charge on any atom is -0.493 e. The molecule has 0 aliphatic carbocycles. The molecule has 2 heterocycles. The SMILES string of the molecule is COc1ccccc1OCCNC(=O)[C@@H]1CCCN(c2ccc(-c3ccc(C)cc3)nn2)C1. The molecule has 0 radical (unpaired) electrons. The van der Waals surface area contributed by atoms with Crippen molar-refractivity contribution in [2.45, 2.75) is 19.8 Å². The summed E-state index contributed by atoms with van der Waals surface area (Å²) < 4.78 is 11.0. The smallest absolute Gasteiger partial charge is 0.225 e. The molecule has 0 spiro atoms. The van der Waals surface area contributed by atoms with Crippen molar-refractivity contribution in [3.05, 3.63) is 66.2 Å². The van der Waals surface area contributed by atoms with Gasteiger partial charge in [0.05, 0.1) is 25.3 Å². The van der Waals surface area contributed by atoms with Gasteiger partial charge in [-0.3, -0.25) is 4.79 Å². The van der Waals surface area contributed by atoms with Gasteiger partial charge in [-0.05, 0) is 44.0 Å². The molecule has 172 valence electrons. The Bertz CT molecular complexity index is 1050. The number of hydrogen-bond donors (Lipinski definition) is 1. The van der Waals surface area contributed by atoms with Crippen LogP contribution in [-0.4, -0.2) is 49.5 Å². The molecule has 3 aromatic rings. The number of rotatable bonds is 8. The molecule has 1 fully saturated rings. The highest BCUT2D eigenvalue weighted by molar-refractivity contribution is 5.79. The fourth-order valence-electron chi connectivity index (χ4n) is 3.99. The number of anilines is 1. The highest BCUT2D eigenvalue weighted by Gasteiger charge is 2.26. The maximum Gasteiger partial charge on any atom is 0.225 e. The third-order valence-electron chi connectivity index (χ3n) is 5.84. The van der Waals surface area contributed by atoms with Gasteiger partial charge in [0, 0.05) is 18.7 Å². The summed E-state index contributed by atoms with van der Waals surface area (Å²) in [5.41, 5.74) is 3.11. The number of para-hydroxylation sites is 2. The van der Waals surface area contributed by atoms with Gasteiger partial charge in [-0.15, -0.1) is 10.2 Å². The van der Waals surface area contributed by atoms with Crippen molar-refractivity contribution in [3.63, 3.8) is 0 Å². The molecule has 1 atom stereocenters. The highest BCUT2D eigenvalue weighted by Crippen LogP contribution is 2.26. The lowest BCUT2D eigenvalue weighted by atomic mass is 9.97. The molecule has 1 aliphatic rings. The monoisotopic (exact) mass is 446 g/mol. The van der Waals surface area contributed by atoms with Crippen molar-refractivity contribution in [1.29, 1.82) is 0 Å².